The van der Waals surface area contributed by atoms with Crippen molar-refractivity contribution in [2.75, 3.05) is 18.0 Å². The summed E-state index contributed by atoms with van der Waals surface area (Å²) in [6.07, 6.45) is 0. The fourth-order valence-electron chi connectivity index (χ4n) is 2.57. The lowest BCUT2D eigenvalue weighted by molar-refractivity contribution is -0.135. The van der Waals surface area contributed by atoms with Crippen LogP contribution >= 0.6 is 0 Å². The summed E-state index contributed by atoms with van der Waals surface area (Å²) >= 11 is 0. The first-order chi connectivity index (χ1) is 13.2. The lowest BCUT2D eigenvalue weighted by atomic mass is 10.3. The summed E-state index contributed by atoms with van der Waals surface area (Å²) in [5.41, 5.74) is -1.35. The molecule has 146 valence electrons. The van der Waals surface area contributed by atoms with E-state index in [1.807, 2.05) is 0 Å². The Morgan fingerprint density at radius 1 is 1.04 bits per heavy atom. The minimum atomic E-state index is -4.29. The van der Waals surface area contributed by atoms with Crippen LogP contribution in [0.1, 0.15) is 0 Å². The molecule has 3 rings (SSSR count). The van der Waals surface area contributed by atoms with E-state index in [2.05, 4.69) is 9.97 Å². The van der Waals surface area contributed by atoms with Gasteiger partial charge in [0, 0.05) is 0 Å². The number of aromatic nitrogens is 2. The Balaban J connectivity index is 2.13. The van der Waals surface area contributed by atoms with Crippen LogP contribution in [0.15, 0.2) is 56.9 Å². The van der Waals surface area contributed by atoms with Crippen LogP contribution in [0.2, 0.25) is 0 Å². The van der Waals surface area contributed by atoms with Gasteiger partial charge in [-0.1, -0.05) is 0 Å². The fourth-order valence-corrected chi connectivity index (χ4v) is 4.01. The first-order valence-corrected chi connectivity index (χ1v) is 9.31. The number of carbonyl (C=O) groups is 1. The molecule has 0 saturated carbocycles. The van der Waals surface area contributed by atoms with Gasteiger partial charge >= 0.3 is 17.1 Å². The molecule has 2 aromatic carbocycles. The number of methoxy groups -OCH3 is 1. The van der Waals surface area contributed by atoms with Gasteiger partial charge in [-0.25, -0.2) is 8.42 Å². The number of hydrogen-bond acceptors (Lipinski definition) is 6. The number of sulfonamides is 1. The monoisotopic (exact) mass is 405 g/mol. The van der Waals surface area contributed by atoms with E-state index in [4.69, 9.17) is 4.74 Å². The van der Waals surface area contributed by atoms with Crippen molar-refractivity contribution in [2.45, 2.75) is 4.90 Å². The Bertz CT molecular complexity index is 1260. The summed E-state index contributed by atoms with van der Waals surface area (Å²) in [5.74, 6) is -0.874. The maximum atomic E-state index is 13.1. The van der Waals surface area contributed by atoms with Crippen molar-refractivity contribution < 1.29 is 23.1 Å². The first kappa shape index (κ1) is 19.2. The molecule has 0 spiro atoms. The molecule has 0 atom stereocenters. The highest BCUT2D eigenvalue weighted by Gasteiger charge is 2.27. The van der Waals surface area contributed by atoms with E-state index in [0.29, 0.717) is 5.75 Å². The molecule has 3 N–H and O–H groups in total. The number of benzene rings is 2. The maximum Gasteiger partial charge on any atom is 0.324 e. The molecule has 28 heavy (non-hydrogen) atoms. The molecule has 0 aliphatic carbocycles. The third kappa shape index (κ3) is 3.60. The SMILES string of the molecule is COc1ccc(N(CC(=O)O)S(=O)(=O)c2ccc3[nH]c(=O)c(=O)[nH]c3c2)cc1. The number of hydrogen-bond donors (Lipinski definition) is 3. The maximum absolute atomic E-state index is 13.1. The molecule has 0 amide bonds. The summed E-state index contributed by atoms with van der Waals surface area (Å²) in [5, 5.41) is 9.18. The van der Waals surface area contributed by atoms with E-state index < -0.39 is 33.7 Å². The van der Waals surface area contributed by atoms with E-state index in [9.17, 15) is 27.9 Å². The van der Waals surface area contributed by atoms with Crippen LogP contribution < -0.4 is 20.2 Å². The standard InChI is InChI=1S/C17H15N3O7S/c1-27-11-4-2-10(3-5-11)20(9-15(21)22)28(25,26)12-6-7-13-14(8-12)19-17(24)16(23)18-13/h2-8H,9H2,1H3,(H,18,23)(H,19,24)(H,21,22). The van der Waals surface area contributed by atoms with Gasteiger partial charge in [0.15, 0.2) is 0 Å². The van der Waals surface area contributed by atoms with Gasteiger partial charge in [0.1, 0.15) is 12.3 Å². The number of rotatable bonds is 6. The number of H-pyrrole nitrogens is 2. The smallest absolute Gasteiger partial charge is 0.324 e. The summed E-state index contributed by atoms with van der Waals surface area (Å²) in [6, 6.07) is 9.52. The number of carboxylic acid groups (broad SMARTS) is 1. The third-order valence-electron chi connectivity index (χ3n) is 3.92. The molecule has 10 nitrogen and oxygen atoms in total. The number of fused-ring (bicyclic) bond motifs is 1. The predicted octanol–water partition coefficient (Wildman–Crippen LogP) is 0.505. The van der Waals surface area contributed by atoms with Crippen LogP contribution in [0.3, 0.4) is 0 Å². The molecule has 0 fully saturated rings. The first-order valence-electron chi connectivity index (χ1n) is 7.87. The molecular weight excluding hydrogens is 390 g/mol. The Morgan fingerprint density at radius 3 is 2.21 bits per heavy atom. The van der Waals surface area contributed by atoms with Crippen molar-refractivity contribution >= 4 is 32.7 Å². The van der Waals surface area contributed by atoms with Crippen LogP contribution in [-0.4, -0.2) is 43.1 Å². The van der Waals surface area contributed by atoms with Crippen molar-refractivity contribution in [3.8, 4) is 5.75 Å². The Morgan fingerprint density at radius 2 is 1.64 bits per heavy atom. The molecule has 1 aromatic heterocycles. The minimum absolute atomic E-state index is 0.0932. The van der Waals surface area contributed by atoms with E-state index in [-0.39, 0.29) is 21.6 Å². The van der Waals surface area contributed by atoms with Gasteiger partial charge in [-0.05, 0) is 42.5 Å². The lowest BCUT2D eigenvalue weighted by Gasteiger charge is -2.23. The number of carboxylic acids is 1. The topological polar surface area (TPSA) is 150 Å². The van der Waals surface area contributed by atoms with Crippen LogP contribution in [-0.2, 0) is 14.8 Å². The Labute approximate surface area is 158 Å². The number of nitrogens with one attached hydrogen (secondary N) is 2. The molecule has 0 unspecified atom stereocenters. The Kier molecular flexibility index (Phi) is 4.92. The van der Waals surface area contributed by atoms with Crippen molar-refractivity contribution in [2.24, 2.45) is 0 Å². The molecular formula is C17H15N3O7S. The van der Waals surface area contributed by atoms with E-state index in [1.54, 1.807) is 0 Å². The zero-order valence-electron chi connectivity index (χ0n) is 14.5. The molecule has 0 aliphatic rings. The summed E-state index contributed by atoms with van der Waals surface area (Å²) in [7, 11) is -2.84. The van der Waals surface area contributed by atoms with Crippen molar-refractivity contribution in [1.82, 2.24) is 9.97 Å². The molecule has 11 heteroatoms. The molecule has 0 aliphatic heterocycles. The van der Waals surface area contributed by atoms with Crippen LogP contribution in [0, 0.1) is 0 Å². The van der Waals surface area contributed by atoms with Crippen molar-refractivity contribution in [3.63, 3.8) is 0 Å². The second-order valence-corrected chi connectivity index (χ2v) is 7.58. The van der Waals surface area contributed by atoms with Crippen molar-refractivity contribution in [1.29, 1.82) is 0 Å². The van der Waals surface area contributed by atoms with Crippen LogP contribution in [0.5, 0.6) is 5.75 Å². The average Bonchev–Trinajstić information content (AvgIpc) is 2.66. The number of ether oxygens (including phenoxy) is 1. The number of anilines is 1. The summed E-state index contributed by atoms with van der Waals surface area (Å²) < 4.78 is 31.9. The lowest BCUT2D eigenvalue weighted by Crippen LogP contribution is -2.35. The average molecular weight is 405 g/mol. The molecule has 3 aromatic rings. The second kappa shape index (κ2) is 7.19. The van der Waals surface area contributed by atoms with E-state index in [1.165, 1.54) is 43.5 Å². The van der Waals surface area contributed by atoms with Gasteiger partial charge in [-0.3, -0.25) is 18.7 Å². The Hall–Kier alpha value is -3.60. The minimum Gasteiger partial charge on any atom is -0.497 e. The normalized spacial score (nSPS) is 11.3. The highest BCUT2D eigenvalue weighted by molar-refractivity contribution is 7.92. The summed E-state index contributed by atoms with van der Waals surface area (Å²) in [4.78, 5) is 38.5. The number of nitrogens with zero attached hydrogens (tertiary/aromatic N) is 1. The van der Waals surface area contributed by atoms with Crippen LogP contribution in [0.25, 0.3) is 11.0 Å². The highest BCUT2D eigenvalue weighted by atomic mass is 32.2. The highest BCUT2D eigenvalue weighted by Crippen LogP contribution is 2.26. The largest absolute Gasteiger partial charge is 0.497 e. The zero-order valence-corrected chi connectivity index (χ0v) is 15.3. The third-order valence-corrected chi connectivity index (χ3v) is 5.69. The molecule has 0 radical (unpaired) electrons. The fraction of sp³-hybridized carbons (Fsp3) is 0.118. The molecule has 0 saturated heterocycles. The summed E-state index contributed by atoms with van der Waals surface area (Å²) in [6.45, 7) is -0.811. The van der Waals surface area contributed by atoms with E-state index >= 15 is 0 Å². The molecule has 0 bridgehead atoms. The molecule has 1 heterocycles. The second-order valence-electron chi connectivity index (χ2n) is 5.72. The van der Waals surface area contributed by atoms with Crippen LogP contribution in [0.4, 0.5) is 5.69 Å². The number of aromatic amines is 2. The van der Waals surface area contributed by atoms with Gasteiger partial charge < -0.3 is 19.8 Å². The predicted molar refractivity (Wildman–Crippen MR) is 100 cm³/mol. The van der Waals surface area contributed by atoms with Gasteiger partial charge in [-0.2, -0.15) is 0 Å². The van der Waals surface area contributed by atoms with Gasteiger partial charge in [-0.15, -0.1) is 0 Å². The van der Waals surface area contributed by atoms with E-state index in [0.717, 1.165) is 10.4 Å². The zero-order chi connectivity index (χ0) is 20.5. The quantitative estimate of drug-likeness (QED) is 0.506. The van der Waals surface area contributed by atoms with Gasteiger partial charge in [0.25, 0.3) is 10.0 Å². The van der Waals surface area contributed by atoms with Crippen molar-refractivity contribution in [3.05, 3.63) is 63.2 Å². The number of aliphatic carboxylic acids is 1. The van der Waals surface area contributed by atoms with Gasteiger partial charge in [0.2, 0.25) is 0 Å². The van der Waals surface area contributed by atoms with Gasteiger partial charge in [0.05, 0.1) is 28.7 Å².